The number of hydrogen-bond donors (Lipinski definition) is 2. The summed E-state index contributed by atoms with van der Waals surface area (Å²) in [7, 11) is 0. The van der Waals surface area contributed by atoms with Gasteiger partial charge in [0.05, 0.1) is 5.92 Å². The maximum absolute atomic E-state index is 13.0. The summed E-state index contributed by atoms with van der Waals surface area (Å²) < 4.78 is 25.7. The Morgan fingerprint density at radius 2 is 2.16 bits per heavy atom. The fourth-order valence-electron chi connectivity index (χ4n) is 2.06. The van der Waals surface area contributed by atoms with Crippen molar-refractivity contribution in [2.45, 2.75) is 19.4 Å². The lowest BCUT2D eigenvalue weighted by atomic mass is 9.99. The van der Waals surface area contributed by atoms with E-state index in [0.717, 1.165) is 31.5 Å². The smallest absolute Gasteiger partial charge is 0.224 e. The zero-order valence-electron chi connectivity index (χ0n) is 10.4. The second kappa shape index (κ2) is 7.40. The van der Waals surface area contributed by atoms with Crippen LogP contribution < -0.4 is 10.6 Å². The first-order valence-electron chi connectivity index (χ1n) is 6.09. The first kappa shape index (κ1) is 15.9. The van der Waals surface area contributed by atoms with Gasteiger partial charge < -0.3 is 10.6 Å². The van der Waals surface area contributed by atoms with Crippen molar-refractivity contribution in [3.8, 4) is 0 Å². The van der Waals surface area contributed by atoms with Crippen molar-refractivity contribution in [3.05, 3.63) is 35.4 Å². The molecule has 0 saturated carbocycles. The Balaban J connectivity index is 0.00000180. The average Bonchev–Trinajstić information content (AvgIpc) is 2.41. The van der Waals surface area contributed by atoms with Gasteiger partial charge in [0.25, 0.3) is 0 Å². The van der Waals surface area contributed by atoms with Gasteiger partial charge in [-0.3, -0.25) is 4.79 Å². The van der Waals surface area contributed by atoms with Crippen LogP contribution in [0.25, 0.3) is 0 Å². The van der Waals surface area contributed by atoms with E-state index in [1.54, 1.807) is 0 Å². The second-order valence-corrected chi connectivity index (χ2v) is 4.51. The molecule has 0 radical (unpaired) electrons. The number of carbonyl (C=O) groups excluding carboxylic acids is 1. The van der Waals surface area contributed by atoms with E-state index < -0.39 is 11.6 Å². The Kier molecular flexibility index (Phi) is 6.18. The minimum atomic E-state index is -0.888. The van der Waals surface area contributed by atoms with E-state index in [0.29, 0.717) is 12.1 Å². The normalized spacial score (nSPS) is 18.5. The molecule has 0 spiro atoms. The SMILES string of the molecule is Cl.O=C(NCc1ccc(F)c(F)c1)[C@@H]1CCCNC1. The van der Waals surface area contributed by atoms with Crippen LogP contribution in [-0.2, 0) is 11.3 Å². The molecule has 0 bridgehead atoms. The predicted molar refractivity (Wildman–Crippen MR) is 71.0 cm³/mol. The van der Waals surface area contributed by atoms with Gasteiger partial charge in [-0.15, -0.1) is 12.4 Å². The van der Waals surface area contributed by atoms with Crippen LogP contribution in [0, 0.1) is 17.6 Å². The number of nitrogens with one attached hydrogen (secondary N) is 2. The number of benzene rings is 1. The highest BCUT2D eigenvalue weighted by Gasteiger charge is 2.20. The Morgan fingerprint density at radius 1 is 1.37 bits per heavy atom. The molecule has 106 valence electrons. The van der Waals surface area contributed by atoms with Crippen molar-refractivity contribution < 1.29 is 13.6 Å². The molecule has 1 aromatic carbocycles. The number of rotatable bonds is 3. The van der Waals surface area contributed by atoms with E-state index in [-0.39, 0.29) is 30.8 Å². The minimum Gasteiger partial charge on any atom is -0.352 e. The van der Waals surface area contributed by atoms with E-state index in [2.05, 4.69) is 10.6 Å². The van der Waals surface area contributed by atoms with Gasteiger partial charge in [0.15, 0.2) is 11.6 Å². The molecule has 2 N–H and O–H groups in total. The summed E-state index contributed by atoms with van der Waals surface area (Å²) in [5.74, 6) is -1.82. The largest absolute Gasteiger partial charge is 0.352 e. The second-order valence-electron chi connectivity index (χ2n) is 4.51. The molecule has 1 fully saturated rings. The molecule has 1 aliphatic heterocycles. The molecular weight excluding hydrogens is 274 g/mol. The van der Waals surface area contributed by atoms with E-state index >= 15 is 0 Å². The van der Waals surface area contributed by atoms with Gasteiger partial charge in [-0.1, -0.05) is 6.07 Å². The van der Waals surface area contributed by atoms with Crippen molar-refractivity contribution in [3.63, 3.8) is 0 Å². The standard InChI is InChI=1S/C13H16F2N2O.ClH/c14-11-4-3-9(6-12(11)15)7-17-13(18)10-2-1-5-16-8-10;/h3-4,6,10,16H,1-2,5,7-8H2,(H,17,18);1H/t10-;/m1./s1. The maximum Gasteiger partial charge on any atom is 0.224 e. The third-order valence-corrected chi connectivity index (χ3v) is 3.12. The van der Waals surface area contributed by atoms with Crippen LogP contribution in [0.15, 0.2) is 18.2 Å². The quantitative estimate of drug-likeness (QED) is 0.894. The van der Waals surface area contributed by atoms with Gasteiger partial charge in [0, 0.05) is 13.1 Å². The van der Waals surface area contributed by atoms with Gasteiger partial charge in [-0.2, -0.15) is 0 Å². The zero-order chi connectivity index (χ0) is 13.0. The lowest BCUT2D eigenvalue weighted by Crippen LogP contribution is -2.40. The first-order chi connectivity index (χ1) is 8.66. The van der Waals surface area contributed by atoms with Gasteiger partial charge in [0.1, 0.15) is 0 Å². The summed E-state index contributed by atoms with van der Waals surface area (Å²) >= 11 is 0. The Labute approximate surface area is 117 Å². The predicted octanol–water partition coefficient (Wildman–Crippen LogP) is 2.00. The van der Waals surface area contributed by atoms with E-state index in [9.17, 15) is 13.6 Å². The van der Waals surface area contributed by atoms with E-state index in [1.807, 2.05) is 0 Å². The number of piperidine rings is 1. The highest BCUT2D eigenvalue weighted by molar-refractivity contribution is 5.85. The average molecular weight is 291 g/mol. The molecule has 6 heteroatoms. The summed E-state index contributed by atoms with van der Waals surface area (Å²) in [5.41, 5.74) is 0.561. The summed E-state index contributed by atoms with van der Waals surface area (Å²) in [6, 6.07) is 3.64. The number of amides is 1. The van der Waals surface area contributed by atoms with Crippen LogP contribution in [-0.4, -0.2) is 19.0 Å². The fourth-order valence-corrected chi connectivity index (χ4v) is 2.06. The molecule has 19 heavy (non-hydrogen) atoms. The first-order valence-corrected chi connectivity index (χ1v) is 6.09. The molecule has 1 aromatic rings. The third-order valence-electron chi connectivity index (χ3n) is 3.12. The molecule has 1 atom stereocenters. The van der Waals surface area contributed by atoms with Crippen LogP contribution in [0.3, 0.4) is 0 Å². The summed E-state index contributed by atoms with van der Waals surface area (Å²) in [6.45, 7) is 1.86. The molecule has 0 unspecified atom stereocenters. The lowest BCUT2D eigenvalue weighted by Gasteiger charge is -2.21. The van der Waals surface area contributed by atoms with Gasteiger partial charge in [-0.05, 0) is 37.1 Å². The summed E-state index contributed by atoms with van der Waals surface area (Å²) in [6.07, 6.45) is 1.86. The maximum atomic E-state index is 13.0. The molecule has 1 saturated heterocycles. The Hall–Kier alpha value is -1.20. The molecule has 1 amide bonds. The van der Waals surface area contributed by atoms with Gasteiger partial charge in [-0.25, -0.2) is 8.78 Å². The van der Waals surface area contributed by atoms with Crippen LogP contribution in [0.4, 0.5) is 8.78 Å². The van der Waals surface area contributed by atoms with Crippen molar-refractivity contribution >= 4 is 18.3 Å². The highest BCUT2D eigenvalue weighted by Crippen LogP contribution is 2.11. The summed E-state index contributed by atoms with van der Waals surface area (Å²) in [4.78, 5) is 11.8. The minimum absolute atomic E-state index is 0. The number of hydrogen-bond acceptors (Lipinski definition) is 2. The van der Waals surface area contributed by atoms with Crippen molar-refractivity contribution in [2.24, 2.45) is 5.92 Å². The number of carbonyl (C=O) groups is 1. The molecule has 1 heterocycles. The van der Waals surface area contributed by atoms with E-state index in [4.69, 9.17) is 0 Å². The summed E-state index contributed by atoms with van der Waals surface area (Å²) in [5, 5.41) is 5.91. The fraction of sp³-hybridized carbons (Fsp3) is 0.462. The topological polar surface area (TPSA) is 41.1 Å². The zero-order valence-corrected chi connectivity index (χ0v) is 11.2. The lowest BCUT2D eigenvalue weighted by molar-refractivity contribution is -0.125. The molecule has 3 nitrogen and oxygen atoms in total. The highest BCUT2D eigenvalue weighted by atomic mass is 35.5. The van der Waals surface area contributed by atoms with Crippen LogP contribution in [0.2, 0.25) is 0 Å². The van der Waals surface area contributed by atoms with Crippen molar-refractivity contribution in [1.82, 2.24) is 10.6 Å². The number of halogens is 3. The van der Waals surface area contributed by atoms with Gasteiger partial charge >= 0.3 is 0 Å². The van der Waals surface area contributed by atoms with Gasteiger partial charge in [0.2, 0.25) is 5.91 Å². The van der Waals surface area contributed by atoms with Crippen LogP contribution in [0.1, 0.15) is 18.4 Å². The van der Waals surface area contributed by atoms with Crippen molar-refractivity contribution in [2.75, 3.05) is 13.1 Å². The Morgan fingerprint density at radius 3 is 2.79 bits per heavy atom. The third kappa shape index (κ3) is 4.44. The molecule has 2 rings (SSSR count). The van der Waals surface area contributed by atoms with Crippen LogP contribution in [0.5, 0.6) is 0 Å². The molecule has 1 aliphatic rings. The monoisotopic (exact) mass is 290 g/mol. The van der Waals surface area contributed by atoms with Crippen molar-refractivity contribution in [1.29, 1.82) is 0 Å². The van der Waals surface area contributed by atoms with E-state index in [1.165, 1.54) is 6.07 Å². The van der Waals surface area contributed by atoms with Crippen LogP contribution >= 0.6 is 12.4 Å². The molecular formula is C13H17ClF2N2O. The molecule has 0 aromatic heterocycles. The Bertz CT molecular complexity index is 437. The molecule has 0 aliphatic carbocycles.